The van der Waals surface area contributed by atoms with Crippen LogP contribution in [0, 0.1) is 5.82 Å². The van der Waals surface area contributed by atoms with Crippen LogP contribution >= 0.6 is 0 Å². The van der Waals surface area contributed by atoms with Crippen LogP contribution in [0.1, 0.15) is 24.2 Å². The Bertz CT molecular complexity index is 623. The molecule has 0 saturated heterocycles. The van der Waals surface area contributed by atoms with Crippen molar-refractivity contribution < 1.29 is 9.18 Å². The zero-order valence-electron chi connectivity index (χ0n) is 11.0. The minimum atomic E-state index is -0.493. The Morgan fingerprint density at radius 3 is 2.47 bits per heavy atom. The predicted molar refractivity (Wildman–Crippen MR) is 74.5 cm³/mol. The summed E-state index contributed by atoms with van der Waals surface area (Å²) in [5, 5.41) is 3.90. The van der Waals surface area contributed by atoms with Crippen LogP contribution in [0.4, 0.5) is 4.39 Å². The van der Waals surface area contributed by atoms with Gasteiger partial charge in [-0.1, -0.05) is 24.3 Å². The molecule has 4 heteroatoms. The van der Waals surface area contributed by atoms with Gasteiger partial charge in [0.2, 0.25) is 0 Å². The molecule has 0 atom stereocenters. The molecule has 3 nitrogen and oxygen atoms in total. The number of carbonyl (C=O) groups is 1. The second-order valence-corrected chi connectivity index (χ2v) is 5.18. The van der Waals surface area contributed by atoms with Crippen molar-refractivity contribution in [3.05, 3.63) is 47.8 Å². The van der Waals surface area contributed by atoms with Crippen LogP contribution in [0.25, 0.3) is 10.8 Å². The molecule has 0 aliphatic rings. The molecule has 0 aliphatic carbocycles. The Kier molecular flexibility index (Phi) is 3.53. The lowest BCUT2D eigenvalue weighted by Crippen LogP contribution is -2.48. The Balaban J connectivity index is 2.46. The highest BCUT2D eigenvalue weighted by Gasteiger charge is 2.20. The van der Waals surface area contributed by atoms with Crippen LogP contribution in [0.15, 0.2) is 36.4 Å². The van der Waals surface area contributed by atoms with Crippen LogP contribution in [0.3, 0.4) is 0 Å². The number of hydrogen-bond acceptors (Lipinski definition) is 2. The Morgan fingerprint density at radius 2 is 1.84 bits per heavy atom. The molecule has 0 unspecified atom stereocenters. The monoisotopic (exact) mass is 260 g/mol. The third-order valence-electron chi connectivity index (χ3n) is 3.08. The topological polar surface area (TPSA) is 55.1 Å². The summed E-state index contributed by atoms with van der Waals surface area (Å²) in [4.78, 5) is 12.3. The van der Waals surface area contributed by atoms with Gasteiger partial charge in [-0.3, -0.25) is 4.79 Å². The predicted octanol–water partition coefficient (Wildman–Crippen LogP) is 2.45. The molecule has 2 aromatic rings. The number of rotatable bonds is 3. The largest absolute Gasteiger partial charge is 0.346 e. The highest BCUT2D eigenvalue weighted by atomic mass is 19.1. The summed E-state index contributed by atoms with van der Waals surface area (Å²) >= 11 is 0. The van der Waals surface area contributed by atoms with Crippen LogP contribution < -0.4 is 11.1 Å². The lowest BCUT2D eigenvalue weighted by Gasteiger charge is -2.24. The van der Waals surface area contributed by atoms with Crippen molar-refractivity contribution in [2.75, 3.05) is 6.54 Å². The number of nitrogens with two attached hydrogens (primary N) is 1. The molecule has 0 heterocycles. The molecule has 0 aromatic heterocycles. The second kappa shape index (κ2) is 4.97. The molecule has 0 fully saturated rings. The van der Waals surface area contributed by atoms with Crippen LogP contribution in [0.2, 0.25) is 0 Å². The van der Waals surface area contributed by atoms with Crippen molar-refractivity contribution >= 4 is 16.7 Å². The Hall–Kier alpha value is -1.94. The number of fused-ring (bicyclic) bond motifs is 1. The number of benzene rings is 2. The van der Waals surface area contributed by atoms with E-state index in [1.807, 2.05) is 13.8 Å². The van der Waals surface area contributed by atoms with Gasteiger partial charge in [0, 0.05) is 23.0 Å². The molecule has 0 saturated carbocycles. The lowest BCUT2D eigenvalue weighted by atomic mass is 10.0. The molecule has 0 bridgehead atoms. The number of nitrogens with one attached hydrogen (secondary N) is 1. The van der Waals surface area contributed by atoms with E-state index in [-0.39, 0.29) is 11.7 Å². The minimum Gasteiger partial charge on any atom is -0.346 e. The summed E-state index contributed by atoms with van der Waals surface area (Å²) in [7, 11) is 0. The van der Waals surface area contributed by atoms with Crippen molar-refractivity contribution in [1.82, 2.24) is 5.32 Å². The Morgan fingerprint density at radius 1 is 1.21 bits per heavy atom. The maximum atomic E-state index is 13.7. The van der Waals surface area contributed by atoms with Gasteiger partial charge in [-0.25, -0.2) is 4.39 Å². The SMILES string of the molecule is CC(C)(CN)NC(=O)c1ccc(F)c2ccccc12. The lowest BCUT2D eigenvalue weighted by molar-refractivity contribution is 0.0917. The van der Waals surface area contributed by atoms with Crippen LogP contribution in [-0.4, -0.2) is 18.0 Å². The first kappa shape index (κ1) is 13.5. The number of carbonyl (C=O) groups excluding carboxylic acids is 1. The summed E-state index contributed by atoms with van der Waals surface area (Å²) in [5.41, 5.74) is 5.56. The molecule has 3 N–H and O–H groups in total. The zero-order chi connectivity index (χ0) is 14.0. The maximum absolute atomic E-state index is 13.7. The van der Waals surface area contributed by atoms with E-state index in [1.54, 1.807) is 24.3 Å². The molecule has 2 aromatic carbocycles. The smallest absolute Gasteiger partial charge is 0.252 e. The van der Waals surface area contributed by atoms with Gasteiger partial charge >= 0.3 is 0 Å². The summed E-state index contributed by atoms with van der Waals surface area (Å²) in [6.07, 6.45) is 0. The van der Waals surface area contributed by atoms with E-state index in [1.165, 1.54) is 12.1 Å². The highest BCUT2D eigenvalue weighted by molar-refractivity contribution is 6.07. The standard InChI is InChI=1S/C15H17FN2O/c1-15(2,9-17)18-14(19)12-7-8-13(16)11-6-4-3-5-10(11)12/h3-8H,9,17H2,1-2H3,(H,18,19). The first-order valence-electron chi connectivity index (χ1n) is 6.14. The molecule has 2 rings (SSSR count). The minimum absolute atomic E-state index is 0.244. The molecule has 1 amide bonds. The molecule has 0 radical (unpaired) electrons. The quantitative estimate of drug-likeness (QED) is 0.890. The van der Waals surface area contributed by atoms with Crippen molar-refractivity contribution in [3.8, 4) is 0 Å². The van der Waals surface area contributed by atoms with E-state index < -0.39 is 5.54 Å². The van der Waals surface area contributed by atoms with Crippen molar-refractivity contribution in [3.63, 3.8) is 0 Å². The van der Waals surface area contributed by atoms with Gasteiger partial charge in [0.05, 0.1) is 0 Å². The summed E-state index contributed by atoms with van der Waals surface area (Å²) < 4.78 is 13.7. The van der Waals surface area contributed by atoms with Crippen molar-refractivity contribution in [2.45, 2.75) is 19.4 Å². The molecule has 0 spiro atoms. The van der Waals surface area contributed by atoms with E-state index in [0.29, 0.717) is 22.9 Å². The number of hydrogen-bond donors (Lipinski definition) is 2. The van der Waals surface area contributed by atoms with E-state index >= 15 is 0 Å². The van der Waals surface area contributed by atoms with Gasteiger partial charge in [0.25, 0.3) is 5.91 Å². The van der Waals surface area contributed by atoms with E-state index in [4.69, 9.17) is 5.73 Å². The summed E-state index contributed by atoms with van der Waals surface area (Å²) in [6.45, 7) is 4.02. The van der Waals surface area contributed by atoms with Gasteiger partial charge in [-0.05, 0) is 31.4 Å². The van der Waals surface area contributed by atoms with Gasteiger partial charge in [0.1, 0.15) is 5.82 Å². The average molecular weight is 260 g/mol. The first-order valence-corrected chi connectivity index (χ1v) is 6.14. The molecular formula is C15H17FN2O. The fraction of sp³-hybridized carbons (Fsp3) is 0.267. The van der Waals surface area contributed by atoms with Crippen LogP contribution in [0.5, 0.6) is 0 Å². The van der Waals surface area contributed by atoms with Crippen molar-refractivity contribution in [2.24, 2.45) is 5.73 Å². The van der Waals surface area contributed by atoms with Crippen molar-refractivity contribution in [1.29, 1.82) is 0 Å². The number of halogens is 1. The van der Waals surface area contributed by atoms with Gasteiger partial charge in [-0.2, -0.15) is 0 Å². The first-order chi connectivity index (χ1) is 8.94. The van der Waals surface area contributed by atoms with E-state index in [2.05, 4.69) is 5.32 Å². The molecule has 0 aliphatic heterocycles. The fourth-order valence-electron chi connectivity index (χ4n) is 1.89. The Labute approximate surface area is 111 Å². The average Bonchev–Trinajstić information content (AvgIpc) is 2.39. The van der Waals surface area contributed by atoms with Gasteiger partial charge in [-0.15, -0.1) is 0 Å². The fourth-order valence-corrected chi connectivity index (χ4v) is 1.89. The molecular weight excluding hydrogens is 243 g/mol. The zero-order valence-corrected chi connectivity index (χ0v) is 11.0. The number of amides is 1. The molecule has 100 valence electrons. The van der Waals surface area contributed by atoms with E-state index in [0.717, 1.165) is 0 Å². The van der Waals surface area contributed by atoms with Gasteiger partial charge in [0.15, 0.2) is 0 Å². The summed E-state index contributed by atoms with van der Waals surface area (Å²) in [5.74, 6) is -0.572. The third-order valence-corrected chi connectivity index (χ3v) is 3.08. The summed E-state index contributed by atoms with van der Waals surface area (Å²) in [6, 6.07) is 9.74. The second-order valence-electron chi connectivity index (χ2n) is 5.18. The van der Waals surface area contributed by atoms with E-state index in [9.17, 15) is 9.18 Å². The van der Waals surface area contributed by atoms with Gasteiger partial charge < -0.3 is 11.1 Å². The van der Waals surface area contributed by atoms with Crippen LogP contribution in [-0.2, 0) is 0 Å². The third kappa shape index (κ3) is 2.74. The highest BCUT2D eigenvalue weighted by Crippen LogP contribution is 2.22. The molecule has 19 heavy (non-hydrogen) atoms. The normalized spacial score (nSPS) is 11.6. The maximum Gasteiger partial charge on any atom is 0.252 e.